The molecule has 0 aromatic heterocycles. The molecule has 5 rings (SSSR count). The SMILES string of the molecule is CC(C)=CC[C@H]1C[C@@]23C[C@]4(CCC(C)(C)C[C@@]4(C)O)OC2=C(C(=O)c2ccc(O)c(O)c2)C(=O)[C@](CC=C(C)C)(C3=O)C1(C)C. The molecule has 3 N–H and O–H groups in total. The van der Waals surface area contributed by atoms with Crippen molar-refractivity contribution in [2.45, 2.75) is 118 Å². The third-order valence-electron chi connectivity index (χ3n) is 11.8. The number of ketones is 3. The Bertz CT molecular complexity index is 1560. The van der Waals surface area contributed by atoms with E-state index in [2.05, 4.69) is 19.9 Å². The Kier molecular flexibility index (Phi) is 7.68. The lowest BCUT2D eigenvalue weighted by Gasteiger charge is -2.59. The fourth-order valence-electron chi connectivity index (χ4n) is 9.07. The fraction of sp³-hybridized carbons (Fsp3) is 0.605. The maximum Gasteiger partial charge on any atom is 0.200 e. The Labute approximate surface area is 267 Å². The Morgan fingerprint density at radius 1 is 0.933 bits per heavy atom. The van der Waals surface area contributed by atoms with Crippen LogP contribution in [0.15, 0.2) is 52.8 Å². The smallest absolute Gasteiger partial charge is 0.200 e. The van der Waals surface area contributed by atoms with Crippen LogP contribution in [-0.4, -0.2) is 43.9 Å². The summed E-state index contributed by atoms with van der Waals surface area (Å²) in [4.78, 5) is 45.1. The lowest BCUT2D eigenvalue weighted by atomic mass is 9.39. The molecule has 0 radical (unpaired) electrons. The predicted molar refractivity (Wildman–Crippen MR) is 173 cm³/mol. The molecule has 45 heavy (non-hydrogen) atoms. The molecule has 0 amide bonds. The first kappa shape index (κ1) is 33.2. The molecular formula is C38H50O7. The largest absolute Gasteiger partial charge is 0.504 e. The zero-order valence-corrected chi connectivity index (χ0v) is 28.4. The van der Waals surface area contributed by atoms with E-state index in [-0.39, 0.29) is 52.6 Å². The third-order valence-corrected chi connectivity index (χ3v) is 11.8. The van der Waals surface area contributed by atoms with E-state index in [1.54, 1.807) is 6.92 Å². The number of phenols is 2. The van der Waals surface area contributed by atoms with Crippen LogP contribution >= 0.6 is 0 Å². The number of fused-ring (bicyclic) bond motifs is 1. The van der Waals surface area contributed by atoms with E-state index in [1.807, 2.05) is 47.6 Å². The zero-order valence-electron chi connectivity index (χ0n) is 28.4. The number of hydrogen-bond acceptors (Lipinski definition) is 7. The van der Waals surface area contributed by atoms with Crippen molar-refractivity contribution in [3.8, 4) is 11.5 Å². The molecule has 3 fully saturated rings. The maximum absolute atomic E-state index is 15.4. The molecule has 2 saturated carbocycles. The third kappa shape index (κ3) is 4.75. The molecule has 1 saturated heterocycles. The summed E-state index contributed by atoms with van der Waals surface area (Å²) in [5.74, 6) is -2.31. The van der Waals surface area contributed by atoms with E-state index >= 15 is 9.59 Å². The summed E-state index contributed by atoms with van der Waals surface area (Å²) < 4.78 is 6.87. The van der Waals surface area contributed by atoms with Crippen LogP contribution in [0, 0.1) is 27.6 Å². The number of carbonyl (C=O) groups excluding carboxylic acids is 3. The lowest BCUT2D eigenvalue weighted by molar-refractivity contribution is -0.183. The minimum absolute atomic E-state index is 0.0149. The number of ether oxygens (including phenoxy) is 1. The van der Waals surface area contributed by atoms with Crippen molar-refractivity contribution in [2.24, 2.45) is 27.6 Å². The molecular weight excluding hydrogens is 568 g/mol. The molecule has 1 aromatic carbocycles. The normalized spacial score (nSPS) is 34.7. The molecule has 4 aliphatic rings. The van der Waals surface area contributed by atoms with Crippen molar-refractivity contribution in [3.63, 3.8) is 0 Å². The van der Waals surface area contributed by atoms with Gasteiger partial charge in [0.15, 0.2) is 28.8 Å². The number of rotatable bonds is 6. The fourth-order valence-corrected chi connectivity index (χ4v) is 9.07. The number of Topliss-reactive ketones (excluding diaryl/α,β-unsaturated/α-hetero) is 3. The van der Waals surface area contributed by atoms with Gasteiger partial charge in [-0.25, -0.2) is 0 Å². The number of phenolic OH excluding ortho intramolecular Hbond substituents is 2. The summed E-state index contributed by atoms with van der Waals surface area (Å²) in [7, 11) is 0. The van der Waals surface area contributed by atoms with E-state index in [4.69, 9.17) is 4.74 Å². The zero-order chi connectivity index (χ0) is 33.5. The summed E-state index contributed by atoms with van der Waals surface area (Å²) in [6, 6.07) is 3.73. The van der Waals surface area contributed by atoms with Crippen LogP contribution in [0.25, 0.3) is 0 Å². The molecule has 2 bridgehead atoms. The Morgan fingerprint density at radius 2 is 1.58 bits per heavy atom. The molecule has 3 aliphatic carbocycles. The van der Waals surface area contributed by atoms with Crippen molar-refractivity contribution < 1.29 is 34.4 Å². The van der Waals surface area contributed by atoms with E-state index in [9.17, 15) is 20.1 Å². The lowest BCUT2D eigenvalue weighted by Crippen LogP contribution is -2.66. The Hall–Kier alpha value is -3.19. The van der Waals surface area contributed by atoms with Crippen molar-refractivity contribution >= 4 is 17.3 Å². The van der Waals surface area contributed by atoms with E-state index in [0.29, 0.717) is 25.7 Å². The molecule has 1 aromatic rings. The standard InChI is InChI=1S/C38H50O7/c1-22(2)10-12-25-19-36-21-37(17-16-33(5,6)20-35(37,9)44)45-31(36)28(29(41)24-11-13-26(39)27(40)18-24)30(42)38(32(36)43,34(25,7)8)15-14-23(3)4/h10-11,13-14,18,25,39-40,44H,12,15-17,19-21H2,1-9H3/t25-,35+,36+,37-,38+/m0/s1. The van der Waals surface area contributed by atoms with Gasteiger partial charge in [0.05, 0.1) is 5.41 Å². The summed E-state index contributed by atoms with van der Waals surface area (Å²) >= 11 is 0. The quantitative estimate of drug-likeness (QED) is 0.0990. The number of carbonyl (C=O) groups is 3. The average Bonchev–Trinajstić information content (AvgIpc) is 3.25. The number of benzene rings is 1. The minimum Gasteiger partial charge on any atom is -0.504 e. The number of aromatic hydroxyl groups is 2. The van der Waals surface area contributed by atoms with Gasteiger partial charge in [-0.05, 0) is 108 Å². The van der Waals surface area contributed by atoms with E-state index in [0.717, 1.165) is 23.6 Å². The second-order valence-corrected chi connectivity index (χ2v) is 16.4. The van der Waals surface area contributed by atoms with E-state index < -0.39 is 44.8 Å². The van der Waals surface area contributed by atoms with Crippen LogP contribution in [0.5, 0.6) is 11.5 Å². The van der Waals surface area contributed by atoms with Gasteiger partial charge < -0.3 is 20.1 Å². The second-order valence-electron chi connectivity index (χ2n) is 16.4. The van der Waals surface area contributed by atoms with Crippen molar-refractivity contribution in [3.05, 3.63) is 58.4 Å². The van der Waals surface area contributed by atoms with Crippen LogP contribution in [0.4, 0.5) is 0 Å². The van der Waals surface area contributed by atoms with Crippen LogP contribution in [0.1, 0.15) is 118 Å². The van der Waals surface area contributed by atoms with Crippen molar-refractivity contribution in [1.82, 2.24) is 0 Å². The van der Waals surface area contributed by atoms with Crippen LogP contribution < -0.4 is 0 Å². The first-order valence-electron chi connectivity index (χ1n) is 16.3. The Balaban J connectivity index is 1.84. The van der Waals surface area contributed by atoms with Crippen LogP contribution in [0.2, 0.25) is 0 Å². The van der Waals surface area contributed by atoms with E-state index in [1.165, 1.54) is 12.1 Å². The van der Waals surface area contributed by atoms with Gasteiger partial charge in [-0.2, -0.15) is 0 Å². The molecule has 7 nitrogen and oxygen atoms in total. The van der Waals surface area contributed by atoms with Gasteiger partial charge in [0.1, 0.15) is 27.9 Å². The molecule has 2 spiro atoms. The van der Waals surface area contributed by atoms with Gasteiger partial charge in [-0.15, -0.1) is 0 Å². The molecule has 0 unspecified atom stereocenters. The molecule has 1 aliphatic heterocycles. The molecule has 7 heteroatoms. The van der Waals surface area contributed by atoms with Crippen LogP contribution in [-0.2, 0) is 14.3 Å². The number of allylic oxidation sites excluding steroid dienone is 6. The first-order valence-corrected chi connectivity index (χ1v) is 16.3. The number of aliphatic hydroxyl groups is 1. The van der Waals surface area contributed by atoms with Gasteiger partial charge in [0, 0.05) is 12.0 Å². The molecule has 5 atom stereocenters. The monoisotopic (exact) mass is 618 g/mol. The predicted octanol–water partition coefficient (Wildman–Crippen LogP) is 7.54. The van der Waals surface area contributed by atoms with Gasteiger partial charge >= 0.3 is 0 Å². The average molecular weight is 619 g/mol. The highest BCUT2D eigenvalue weighted by atomic mass is 16.5. The Morgan fingerprint density at radius 3 is 2.16 bits per heavy atom. The maximum atomic E-state index is 15.4. The van der Waals surface area contributed by atoms with Gasteiger partial charge in [-0.3, -0.25) is 14.4 Å². The van der Waals surface area contributed by atoms with Gasteiger partial charge in [0.25, 0.3) is 0 Å². The van der Waals surface area contributed by atoms with Gasteiger partial charge in [-0.1, -0.05) is 51.0 Å². The highest BCUT2D eigenvalue weighted by molar-refractivity contribution is 6.35. The second kappa shape index (κ2) is 10.4. The molecule has 244 valence electrons. The summed E-state index contributed by atoms with van der Waals surface area (Å²) in [5, 5.41) is 32.4. The first-order chi connectivity index (χ1) is 20.7. The van der Waals surface area contributed by atoms with Crippen molar-refractivity contribution in [1.29, 1.82) is 0 Å². The highest BCUT2D eigenvalue weighted by Crippen LogP contribution is 2.72. The molecule has 1 heterocycles. The van der Waals surface area contributed by atoms with Crippen LogP contribution in [0.3, 0.4) is 0 Å². The van der Waals surface area contributed by atoms with Crippen molar-refractivity contribution in [2.75, 3.05) is 0 Å². The summed E-state index contributed by atoms with van der Waals surface area (Å²) in [6.45, 7) is 17.9. The summed E-state index contributed by atoms with van der Waals surface area (Å²) in [6.07, 6.45) is 7.15. The number of hydrogen-bond donors (Lipinski definition) is 3. The summed E-state index contributed by atoms with van der Waals surface area (Å²) in [5.41, 5.74) is -4.36. The highest BCUT2D eigenvalue weighted by Gasteiger charge is 2.78. The minimum atomic E-state index is -1.55. The topological polar surface area (TPSA) is 121 Å². The van der Waals surface area contributed by atoms with Gasteiger partial charge in [0.2, 0.25) is 0 Å².